The van der Waals surface area contributed by atoms with Gasteiger partial charge < -0.3 is 5.73 Å². The van der Waals surface area contributed by atoms with Crippen molar-refractivity contribution in [3.05, 3.63) is 53.6 Å². The van der Waals surface area contributed by atoms with Crippen LogP contribution in [0.2, 0.25) is 0 Å². The normalized spacial score (nSPS) is 11.7. The van der Waals surface area contributed by atoms with Crippen LogP contribution in [0.4, 0.5) is 0 Å². The zero-order valence-corrected chi connectivity index (χ0v) is 9.10. The molecule has 0 radical (unpaired) electrons. The highest BCUT2D eigenvalue weighted by Crippen LogP contribution is 2.28. The number of hydrogen-bond acceptors (Lipinski definition) is 1. The van der Waals surface area contributed by atoms with Crippen LogP contribution in [0, 0.1) is 0 Å². The molecule has 2 N–H and O–H groups in total. The predicted octanol–water partition coefficient (Wildman–Crippen LogP) is 2.68. The highest BCUT2D eigenvalue weighted by atomic mass is 16.1. The van der Waals surface area contributed by atoms with Crippen molar-refractivity contribution in [1.29, 1.82) is 0 Å². The van der Waals surface area contributed by atoms with Crippen LogP contribution >= 0.6 is 0 Å². The quantitative estimate of drug-likeness (QED) is 0.762. The third-order valence-corrected chi connectivity index (χ3v) is 2.59. The molecule has 2 aliphatic rings. The maximum Gasteiger partial charge on any atom is 0.244 e. The first-order valence-electron chi connectivity index (χ1n) is 5.14. The zero-order valence-electron chi connectivity index (χ0n) is 9.10. The monoisotopic (exact) mass is 211 g/mol. The van der Waals surface area contributed by atoms with Gasteiger partial charge in [0.25, 0.3) is 0 Å². The van der Waals surface area contributed by atoms with Gasteiger partial charge in [0.2, 0.25) is 5.91 Å². The summed E-state index contributed by atoms with van der Waals surface area (Å²) in [6.45, 7) is 1.73. The Morgan fingerprint density at radius 3 is 2.62 bits per heavy atom. The van der Waals surface area contributed by atoms with Gasteiger partial charge in [-0.2, -0.15) is 0 Å². The van der Waals surface area contributed by atoms with Crippen molar-refractivity contribution in [2.45, 2.75) is 6.92 Å². The Kier molecular flexibility index (Phi) is 2.73. The average molecular weight is 211 g/mol. The summed E-state index contributed by atoms with van der Waals surface area (Å²) in [6.07, 6.45) is 1.82. The van der Waals surface area contributed by atoms with Crippen molar-refractivity contribution in [2.24, 2.45) is 5.73 Å². The molecule has 0 aromatic heterocycles. The Balaban J connectivity index is 2.50. The van der Waals surface area contributed by atoms with Gasteiger partial charge >= 0.3 is 0 Å². The van der Waals surface area contributed by atoms with E-state index in [1.165, 1.54) is 0 Å². The van der Waals surface area contributed by atoms with E-state index >= 15 is 0 Å². The first-order valence-corrected chi connectivity index (χ1v) is 5.14. The highest BCUT2D eigenvalue weighted by molar-refractivity contribution is 5.97. The standard InChI is InChI=1S/C14H13NO/c1-10(14(15)16)9-12-8-7-11-5-3-2-4-6-13(11)12/h2-9H,1H3,(H2,15,16)/b10-9+. The van der Waals surface area contributed by atoms with Crippen molar-refractivity contribution in [3.63, 3.8) is 0 Å². The summed E-state index contributed by atoms with van der Waals surface area (Å²) in [7, 11) is 0. The van der Waals surface area contributed by atoms with Crippen LogP contribution in [0.15, 0.2) is 48.0 Å². The van der Waals surface area contributed by atoms with Gasteiger partial charge in [0.15, 0.2) is 0 Å². The fourth-order valence-corrected chi connectivity index (χ4v) is 1.67. The summed E-state index contributed by atoms with van der Waals surface area (Å²) < 4.78 is 0. The molecule has 0 saturated heterocycles. The molecule has 0 saturated carbocycles. The SMILES string of the molecule is C/C(=C\c1ccc2cccccc1-2)C(N)=O. The lowest BCUT2D eigenvalue weighted by Gasteiger charge is -1.97. The van der Waals surface area contributed by atoms with E-state index in [0.29, 0.717) is 5.57 Å². The summed E-state index contributed by atoms with van der Waals surface area (Å²) in [5.74, 6) is -0.380. The van der Waals surface area contributed by atoms with E-state index in [2.05, 4.69) is 0 Å². The Hall–Kier alpha value is -2.09. The third kappa shape index (κ3) is 1.96. The number of nitrogens with two attached hydrogens (primary N) is 1. The first-order chi connectivity index (χ1) is 7.68. The maximum atomic E-state index is 11.0. The maximum absolute atomic E-state index is 11.0. The number of carbonyl (C=O) groups is 1. The first kappa shape index (κ1) is 10.4. The summed E-state index contributed by atoms with van der Waals surface area (Å²) in [6, 6.07) is 14.1. The summed E-state index contributed by atoms with van der Waals surface area (Å²) >= 11 is 0. The third-order valence-electron chi connectivity index (χ3n) is 2.59. The van der Waals surface area contributed by atoms with E-state index in [1.807, 2.05) is 48.5 Å². The molecular formula is C14H13NO. The molecule has 1 amide bonds. The minimum Gasteiger partial charge on any atom is -0.366 e. The second-order valence-electron chi connectivity index (χ2n) is 3.76. The lowest BCUT2D eigenvalue weighted by atomic mass is 10.1. The van der Waals surface area contributed by atoms with E-state index in [0.717, 1.165) is 16.7 Å². The van der Waals surface area contributed by atoms with Gasteiger partial charge in [0.1, 0.15) is 0 Å². The minimum absolute atomic E-state index is 0.380. The molecular weight excluding hydrogens is 198 g/mol. The predicted molar refractivity (Wildman–Crippen MR) is 65.9 cm³/mol. The van der Waals surface area contributed by atoms with Gasteiger partial charge in [-0.3, -0.25) is 4.79 Å². The van der Waals surface area contributed by atoms with E-state index in [-0.39, 0.29) is 5.91 Å². The van der Waals surface area contributed by atoms with Gasteiger partial charge in [0.05, 0.1) is 0 Å². The topological polar surface area (TPSA) is 43.1 Å². The fraction of sp³-hybridized carbons (Fsp3) is 0.0714. The minimum atomic E-state index is -0.380. The number of fused-ring (bicyclic) bond motifs is 1. The molecule has 0 unspecified atom stereocenters. The molecule has 2 rings (SSSR count). The largest absolute Gasteiger partial charge is 0.366 e. The smallest absolute Gasteiger partial charge is 0.244 e. The molecule has 0 aromatic rings. The van der Waals surface area contributed by atoms with Crippen molar-refractivity contribution >= 4 is 12.0 Å². The van der Waals surface area contributed by atoms with Gasteiger partial charge in [-0.25, -0.2) is 0 Å². The number of rotatable bonds is 2. The van der Waals surface area contributed by atoms with Crippen LogP contribution in [-0.2, 0) is 4.79 Å². The van der Waals surface area contributed by atoms with Crippen LogP contribution in [0.1, 0.15) is 12.5 Å². The summed E-state index contributed by atoms with van der Waals surface area (Å²) in [5.41, 5.74) is 9.10. The second kappa shape index (κ2) is 4.19. The van der Waals surface area contributed by atoms with Crippen LogP contribution < -0.4 is 5.73 Å². The molecule has 0 fully saturated rings. The Bertz CT molecular complexity index is 528. The lowest BCUT2D eigenvalue weighted by Crippen LogP contribution is -2.11. The lowest BCUT2D eigenvalue weighted by molar-refractivity contribution is -0.114. The summed E-state index contributed by atoms with van der Waals surface area (Å²) in [5, 5.41) is 0. The van der Waals surface area contributed by atoms with Gasteiger partial charge in [-0.05, 0) is 29.7 Å². The average Bonchev–Trinajstić information content (AvgIpc) is 2.50. The Labute approximate surface area is 94.7 Å². The molecule has 2 aliphatic carbocycles. The van der Waals surface area contributed by atoms with E-state index in [4.69, 9.17) is 5.73 Å². The van der Waals surface area contributed by atoms with Crippen LogP contribution in [0.3, 0.4) is 0 Å². The van der Waals surface area contributed by atoms with Crippen LogP contribution in [0.25, 0.3) is 17.2 Å². The number of amides is 1. The number of primary amides is 1. The highest BCUT2D eigenvalue weighted by Gasteiger charge is 2.06. The van der Waals surface area contributed by atoms with Crippen molar-refractivity contribution in [1.82, 2.24) is 0 Å². The molecule has 0 aromatic carbocycles. The van der Waals surface area contributed by atoms with Crippen molar-refractivity contribution < 1.29 is 4.79 Å². The number of carbonyl (C=O) groups excluding carboxylic acids is 1. The van der Waals surface area contributed by atoms with Crippen molar-refractivity contribution in [3.8, 4) is 11.1 Å². The molecule has 0 atom stereocenters. The Morgan fingerprint density at radius 1 is 1.12 bits per heavy atom. The van der Waals surface area contributed by atoms with Gasteiger partial charge in [-0.15, -0.1) is 0 Å². The number of hydrogen-bond donors (Lipinski definition) is 1. The van der Waals surface area contributed by atoms with Crippen molar-refractivity contribution in [2.75, 3.05) is 0 Å². The molecule has 16 heavy (non-hydrogen) atoms. The zero-order chi connectivity index (χ0) is 11.5. The summed E-state index contributed by atoms with van der Waals surface area (Å²) in [4.78, 5) is 11.0. The molecule has 2 heteroatoms. The molecule has 80 valence electrons. The van der Waals surface area contributed by atoms with E-state index < -0.39 is 0 Å². The molecule has 0 heterocycles. The van der Waals surface area contributed by atoms with E-state index in [9.17, 15) is 4.79 Å². The van der Waals surface area contributed by atoms with Crippen LogP contribution in [-0.4, -0.2) is 5.91 Å². The molecule has 0 spiro atoms. The van der Waals surface area contributed by atoms with E-state index in [1.54, 1.807) is 6.92 Å². The van der Waals surface area contributed by atoms with Crippen LogP contribution in [0.5, 0.6) is 0 Å². The molecule has 2 nitrogen and oxygen atoms in total. The fourth-order valence-electron chi connectivity index (χ4n) is 1.67. The molecule has 0 aliphatic heterocycles. The van der Waals surface area contributed by atoms with Gasteiger partial charge in [-0.1, -0.05) is 42.5 Å². The molecule has 0 bridgehead atoms. The second-order valence-corrected chi connectivity index (χ2v) is 3.76. The van der Waals surface area contributed by atoms with Gasteiger partial charge in [0, 0.05) is 5.57 Å². The Morgan fingerprint density at radius 2 is 1.88 bits per heavy atom.